The van der Waals surface area contributed by atoms with E-state index in [0.29, 0.717) is 12.0 Å². The molecule has 0 heterocycles. The van der Waals surface area contributed by atoms with Crippen LogP contribution >= 0.6 is 11.6 Å². The van der Waals surface area contributed by atoms with Gasteiger partial charge in [-0.25, -0.2) is 0 Å². The van der Waals surface area contributed by atoms with Crippen LogP contribution < -0.4 is 5.32 Å². The third-order valence-corrected chi connectivity index (χ3v) is 4.91. The fraction of sp³-hybridized carbons (Fsp3) is 0.667. The molecule has 2 rings (SSSR count). The van der Waals surface area contributed by atoms with Crippen molar-refractivity contribution in [2.75, 3.05) is 27.2 Å². The van der Waals surface area contributed by atoms with E-state index in [-0.39, 0.29) is 0 Å². The molecule has 0 radical (unpaired) electrons. The number of nitrogens with one attached hydrogen (secondary N) is 1. The maximum absolute atomic E-state index is 6.56. The van der Waals surface area contributed by atoms with Gasteiger partial charge in [0.2, 0.25) is 0 Å². The lowest BCUT2D eigenvalue weighted by Gasteiger charge is -2.24. The number of nitrogens with zero attached hydrogens (tertiary/aromatic N) is 1. The molecule has 3 heteroatoms. The van der Waals surface area contributed by atoms with Crippen LogP contribution in [0.2, 0.25) is 5.02 Å². The number of likely N-dealkylation sites (N-methyl/N-ethyl adjacent to an activating group) is 1. The van der Waals surface area contributed by atoms with E-state index in [9.17, 15) is 0 Å². The molecule has 1 unspecified atom stereocenters. The minimum atomic E-state index is 0.350. The van der Waals surface area contributed by atoms with Gasteiger partial charge < -0.3 is 10.2 Å². The SMILES string of the molecule is CC(NCCN(C)C)c1ccc(C2CCCCC2)c(Cl)c1. The first-order valence-corrected chi connectivity index (χ1v) is 8.63. The monoisotopic (exact) mass is 308 g/mol. The molecule has 0 saturated heterocycles. The van der Waals surface area contributed by atoms with Crippen LogP contribution in [0, 0.1) is 0 Å². The lowest BCUT2D eigenvalue weighted by molar-refractivity contribution is 0.389. The zero-order valence-corrected chi connectivity index (χ0v) is 14.4. The fourth-order valence-corrected chi connectivity index (χ4v) is 3.52. The Balaban J connectivity index is 1.97. The highest BCUT2D eigenvalue weighted by Crippen LogP contribution is 2.37. The van der Waals surface area contributed by atoms with E-state index < -0.39 is 0 Å². The third-order valence-electron chi connectivity index (χ3n) is 4.58. The molecule has 1 aromatic carbocycles. The molecule has 1 aliphatic rings. The first kappa shape index (κ1) is 16.8. The summed E-state index contributed by atoms with van der Waals surface area (Å²) in [5.41, 5.74) is 2.65. The summed E-state index contributed by atoms with van der Waals surface area (Å²) in [6.07, 6.45) is 6.70. The Labute approximate surface area is 134 Å². The van der Waals surface area contributed by atoms with Crippen LogP contribution in [0.3, 0.4) is 0 Å². The number of benzene rings is 1. The van der Waals surface area contributed by atoms with Gasteiger partial charge in [-0.15, -0.1) is 0 Å². The van der Waals surface area contributed by atoms with Crippen LogP contribution in [0.15, 0.2) is 18.2 Å². The van der Waals surface area contributed by atoms with Gasteiger partial charge in [0.15, 0.2) is 0 Å². The van der Waals surface area contributed by atoms with E-state index in [4.69, 9.17) is 11.6 Å². The number of halogens is 1. The Morgan fingerprint density at radius 3 is 2.57 bits per heavy atom. The van der Waals surface area contributed by atoms with Crippen LogP contribution in [0.1, 0.15) is 62.1 Å². The molecular weight excluding hydrogens is 280 g/mol. The minimum Gasteiger partial charge on any atom is -0.309 e. The second-order valence-corrected chi connectivity index (χ2v) is 7.00. The minimum absolute atomic E-state index is 0.350. The molecule has 118 valence electrons. The Hall–Kier alpha value is -0.570. The summed E-state index contributed by atoms with van der Waals surface area (Å²) in [6, 6.07) is 7.03. The van der Waals surface area contributed by atoms with Crippen molar-refractivity contribution in [3.8, 4) is 0 Å². The van der Waals surface area contributed by atoms with Crippen molar-refractivity contribution < 1.29 is 0 Å². The molecule has 21 heavy (non-hydrogen) atoms. The van der Waals surface area contributed by atoms with Crippen molar-refractivity contribution in [1.82, 2.24) is 10.2 Å². The predicted octanol–water partition coefficient (Wildman–Crippen LogP) is 4.60. The van der Waals surface area contributed by atoms with Crippen molar-refractivity contribution in [2.45, 2.75) is 51.0 Å². The Morgan fingerprint density at radius 1 is 1.24 bits per heavy atom. The second kappa shape index (κ2) is 8.17. The van der Waals surface area contributed by atoms with Crippen LogP contribution in [0.4, 0.5) is 0 Å². The van der Waals surface area contributed by atoms with Crippen molar-refractivity contribution >= 4 is 11.6 Å². The maximum Gasteiger partial charge on any atom is 0.0444 e. The zero-order chi connectivity index (χ0) is 15.2. The summed E-state index contributed by atoms with van der Waals surface area (Å²) in [6.45, 7) is 4.26. The van der Waals surface area contributed by atoms with E-state index in [1.165, 1.54) is 43.2 Å². The largest absolute Gasteiger partial charge is 0.309 e. The molecule has 1 N–H and O–H groups in total. The standard InChI is InChI=1S/C18H29ClN2/c1-14(20-11-12-21(2)3)16-9-10-17(18(19)13-16)15-7-5-4-6-8-15/h9-10,13-15,20H,4-8,11-12H2,1-3H3. The zero-order valence-electron chi connectivity index (χ0n) is 13.7. The molecule has 1 atom stereocenters. The summed E-state index contributed by atoms with van der Waals surface area (Å²) < 4.78 is 0. The van der Waals surface area contributed by atoms with E-state index in [0.717, 1.165) is 18.1 Å². The maximum atomic E-state index is 6.56. The summed E-state index contributed by atoms with van der Waals surface area (Å²) in [4.78, 5) is 2.19. The topological polar surface area (TPSA) is 15.3 Å². The van der Waals surface area contributed by atoms with E-state index >= 15 is 0 Å². The van der Waals surface area contributed by atoms with Gasteiger partial charge in [-0.05, 0) is 57.0 Å². The number of hydrogen-bond donors (Lipinski definition) is 1. The third kappa shape index (κ3) is 4.98. The molecular formula is C18H29ClN2. The molecule has 0 aliphatic heterocycles. The van der Waals surface area contributed by atoms with Gasteiger partial charge in [0.05, 0.1) is 0 Å². The van der Waals surface area contributed by atoms with Gasteiger partial charge in [-0.2, -0.15) is 0 Å². The van der Waals surface area contributed by atoms with Crippen LogP contribution in [0.5, 0.6) is 0 Å². The van der Waals surface area contributed by atoms with E-state index in [1.807, 2.05) is 0 Å². The van der Waals surface area contributed by atoms with Gasteiger partial charge in [-0.1, -0.05) is 43.0 Å². The van der Waals surface area contributed by atoms with Gasteiger partial charge in [0.25, 0.3) is 0 Å². The highest BCUT2D eigenvalue weighted by atomic mass is 35.5. The van der Waals surface area contributed by atoms with Gasteiger partial charge >= 0.3 is 0 Å². The summed E-state index contributed by atoms with van der Waals surface area (Å²) in [5, 5.41) is 4.52. The van der Waals surface area contributed by atoms with Crippen molar-refractivity contribution in [1.29, 1.82) is 0 Å². The molecule has 2 nitrogen and oxygen atoms in total. The van der Waals surface area contributed by atoms with E-state index in [1.54, 1.807) is 0 Å². The Kier molecular flexibility index (Phi) is 6.53. The smallest absolute Gasteiger partial charge is 0.0444 e. The first-order chi connectivity index (χ1) is 10.1. The first-order valence-electron chi connectivity index (χ1n) is 8.25. The molecule has 0 amide bonds. The van der Waals surface area contributed by atoms with Gasteiger partial charge in [-0.3, -0.25) is 0 Å². The molecule has 0 aromatic heterocycles. The van der Waals surface area contributed by atoms with Gasteiger partial charge in [0.1, 0.15) is 0 Å². The van der Waals surface area contributed by atoms with E-state index in [2.05, 4.69) is 49.4 Å². The predicted molar refractivity (Wildman–Crippen MR) is 92.2 cm³/mol. The normalized spacial score (nSPS) is 18.1. The number of hydrogen-bond acceptors (Lipinski definition) is 2. The molecule has 1 aromatic rings. The molecule has 1 fully saturated rings. The average molecular weight is 309 g/mol. The summed E-state index contributed by atoms with van der Waals surface area (Å²) >= 11 is 6.56. The Bertz CT molecular complexity index is 439. The highest BCUT2D eigenvalue weighted by Gasteiger charge is 2.18. The molecule has 0 bridgehead atoms. The summed E-state index contributed by atoms with van der Waals surface area (Å²) in [7, 11) is 4.20. The molecule has 1 saturated carbocycles. The average Bonchev–Trinajstić information content (AvgIpc) is 2.47. The van der Waals surface area contributed by atoms with Crippen molar-refractivity contribution in [3.05, 3.63) is 34.3 Å². The summed E-state index contributed by atoms with van der Waals surface area (Å²) in [5.74, 6) is 0.678. The van der Waals surface area contributed by atoms with Crippen LogP contribution in [-0.2, 0) is 0 Å². The van der Waals surface area contributed by atoms with Gasteiger partial charge in [0, 0.05) is 24.2 Å². The Morgan fingerprint density at radius 2 is 1.95 bits per heavy atom. The van der Waals surface area contributed by atoms with Crippen molar-refractivity contribution in [2.24, 2.45) is 0 Å². The van der Waals surface area contributed by atoms with Crippen molar-refractivity contribution in [3.63, 3.8) is 0 Å². The molecule has 0 spiro atoms. The van der Waals surface area contributed by atoms with Crippen LogP contribution in [0.25, 0.3) is 0 Å². The highest BCUT2D eigenvalue weighted by molar-refractivity contribution is 6.31. The van der Waals surface area contributed by atoms with Crippen LogP contribution in [-0.4, -0.2) is 32.1 Å². The fourth-order valence-electron chi connectivity index (χ4n) is 3.18. The number of rotatable bonds is 6. The quantitative estimate of drug-likeness (QED) is 0.826. The second-order valence-electron chi connectivity index (χ2n) is 6.59. The molecule has 1 aliphatic carbocycles. The lowest BCUT2D eigenvalue weighted by Crippen LogP contribution is -2.28. The lowest BCUT2D eigenvalue weighted by atomic mass is 9.83.